The lowest BCUT2D eigenvalue weighted by Gasteiger charge is -2.15. The van der Waals surface area contributed by atoms with Gasteiger partial charge < -0.3 is 5.32 Å². The molecule has 3 atom stereocenters. The minimum Gasteiger partial charge on any atom is -0.392 e. The molecule has 0 aliphatic heterocycles. The lowest BCUT2D eigenvalue weighted by atomic mass is 9.91. The van der Waals surface area contributed by atoms with E-state index in [1.807, 2.05) is 7.05 Å². The molecule has 0 saturated heterocycles. The predicted octanol–water partition coefficient (Wildman–Crippen LogP) is 6.55. The first-order valence-electron chi connectivity index (χ1n) is 9.35. The molecule has 0 rings (SSSR count). The van der Waals surface area contributed by atoms with Crippen molar-refractivity contribution in [3.8, 4) is 0 Å². The van der Waals surface area contributed by atoms with Crippen LogP contribution in [0, 0.1) is 17.8 Å². The fourth-order valence-electron chi connectivity index (χ4n) is 2.91. The largest absolute Gasteiger partial charge is 0.392 e. The average molecular weight is 296 g/mol. The fraction of sp³-hybridized carbons (Fsp3) is 0.900. The van der Waals surface area contributed by atoms with E-state index in [2.05, 4.69) is 39.6 Å². The summed E-state index contributed by atoms with van der Waals surface area (Å²) in [7, 11) is 1.97. The van der Waals surface area contributed by atoms with E-state index >= 15 is 0 Å². The van der Waals surface area contributed by atoms with Crippen molar-refractivity contribution in [3.05, 3.63) is 12.3 Å². The molecule has 0 aromatic carbocycles. The van der Waals surface area contributed by atoms with Gasteiger partial charge in [-0.1, -0.05) is 85.6 Å². The topological polar surface area (TPSA) is 12.0 Å². The van der Waals surface area contributed by atoms with E-state index < -0.39 is 0 Å². The van der Waals surface area contributed by atoms with E-state index in [1.165, 1.54) is 63.5 Å². The minimum atomic E-state index is 0.877. The first-order chi connectivity index (χ1) is 9.99. The summed E-state index contributed by atoms with van der Waals surface area (Å²) >= 11 is 0. The lowest BCUT2D eigenvalue weighted by molar-refractivity contribution is 0.382. The van der Waals surface area contributed by atoms with Gasteiger partial charge in [-0.2, -0.15) is 0 Å². The highest BCUT2D eigenvalue weighted by molar-refractivity contribution is 4.88. The van der Waals surface area contributed by atoms with Crippen LogP contribution in [-0.4, -0.2) is 7.05 Å². The SMILES string of the molecule is C=C(CCCC(C)CCCC(C)CCCC(C)CC)NC. The third-order valence-corrected chi connectivity index (χ3v) is 5.01. The molecule has 0 aromatic heterocycles. The van der Waals surface area contributed by atoms with Crippen molar-refractivity contribution in [2.24, 2.45) is 17.8 Å². The van der Waals surface area contributed by atoms with Gasteiger partial charge in [-0.15, -0.1) is 0 Å². The van der Waals surface area contributed by atoms with Crippen molar-refractivity contribution in [1.29, 1.82) is 0 Å². The molecule has 0 spiro atoms. The lowest BCUT2D eigenvalue weighted by Crippen LogP contribution is -2.05. The van der Waals surface area contributed by atoms with Gasteiger partial charge in [0.1, 0.15) is 0 Å². The number of allylic oxidation sites excluding steroid dienone is 1. The van der Waals surface area contributed by atoms with Gasteiger partial charge in [0.25, 0.3) is 0 Å². The monoisotopic (exact) mass is 295 g/mol. The zero-order valence-corrected chi connectivity index (χ0v) is 15.5. The van der Waals surface area contributed by atoms with Gasteiger partial charge in [-0.3, -0.25) is 0 Å². The molecule has 0 aromatic rings. The zero-order valence-electron chi connectivity index (χ0n) is 15.5. The third-order valence-electron chi connectivity index (χ3n) is 5.01. The van der Waals surface area contributed by atoms with Crippen LogP contribution < -0.4 is 5.32 Å². The summed E-state index contributed by atoms with van der Waals surface area (Å²) in [6.07, 6.45) is 13.6. The molecule has 0 aliphatic carbocycles. The maximum atomic E-state index is 3.99. The molecule has 1 N–H and O–H groups in total. The van der Waals surface area contributed by atoms with Crippen molar-refractivity contribution in [2.75, 3.05) is 7.05 Å². The molecule has 0 bridgehead atoms. The van der Waals surface area contributed by atoms with Crippen LogP contribution >= 0.6 is 0 Å². The minimum absolute atomic E-state index is 0.877. The second-order valence-electron chi connectivity index (χ2n) is 7.33. The zero-order chi connectivity index (χ0) is 16.1. The summed E-state index contributed by atoms with van der Waals surface area (Å²) in [6.45, 7) is 13.5. The molecule has 1 nitrogen and oxygen atoms in total. The van der Waals surface area contributed by atoms with Gasteiger partial charge in [0.05, 0.1) is 0 Å². The van der Waals surface area contributed by atoms with Crippen LogP contribution in [0.5, 0.6) is 0 Å². The van der Waals surface area contributed by atoms with E-state index in [0.29, 0.717) is 0 Å². The molecule has 21 heavy (non-hydrogen) atoms. The van der Waals surface area contributed by atoms with Crippen LogP contribution in [-0.2, 0) is 0 Å². The Kier molecular flexibility index (Phi) is 12.9. The maximum absolute atomic E-state index is 3.99. The van der Waals surface area contributed by atoms with Crippen LogP contribution in [0.3, 0.4) is 0 Å². The van der Waals surface area contributed by atoms with Crippen LogP contribution in [0.1, 0.15) is 91.9 Å². The Balaban J connectivity index is 3.48. The summed E-state index contributed by atoms with van der Waals surface area (Å²) in [5.41, 5.74) is 1.18. The molecule has 0 radical (unpaired) electrons. The highest BCUT2D eigenvalue weighted by atomic mass is 14.8. The first-order valence-corrected chi connectivity index (χ1v) is 9.35. The molecule has 126 valence electrons. The smallest absolute Gasteiger partial charge is 0.00310 e. The molecular formula is C20H41N. The fourth-order valence-corrected chi connectivity index (χ4v) is 2.91. The van der Waals surface area contributed by atoms with E-state index in [-0.39, 0.29) is 0 Å². The van der Waals surface area contributed by atoms with E-state index in [1.54, 1.807) is 0 Å². The van der Waals surface area contributed by atoms with Crippen molar-refractivity contribution < 1.29 is 0 Å². The summed E-state index contributed by atoms with van der Waals surface area (Å²) in [6, 6.07) is 0. The number of hydrogen-bond donors (Lipinski definition) is 1. The van der Waals surface area contributed by atoms with E-state index in [0.717, 1.165) is 24.2 Å². The Labute approximate surface area is 135 Å². The van der Waals surface area contributed by atoms with Crippen molar-refractivity contribution in [2.45, 2.75) is 91.9 Å². The van der Waals surface area contributed by atoms with Crippen LogP contribution in [0.15, 0.2) is 12.3 Å². The van der Waals surface area contributed by atoms with Gasteiger partial charge >= 0.3 is 0 Å². The van der Waals surface area contributed by atoms with Gasteiger partial charge in [0.2, 0.25) is 0 Å². The summed E-state index contributed by atoms with van der Waals surface area (Å²) in [4.78, 5) is 0. The van der Waals surface area contributed by atoms with Gasteiger partial charge in [0.15, 0.2) is 0 Å². The summed E-state index contributed by atoms with van der Waals surface area (Å²) in [5.74, 6) is 2.72. The highest BCUT2D eigenvalue weighted by Crippen LogP contribution is 2.22. The average Bonchev–Trinajstić information content (AvgIpc) is 2.46. The first kappa shape index (κ1) is 20.5. The predicted molar refractivity (Wildman–Crippen MR) is 97.5 cm³/mol. The Morgan fingerprint density at radius 2 is 1.24 bits per heavy atom. The molecule has 0 aliphatic rings. The van der Waals surface area contributed by atoms with E-state index in [9.17, 15) is 0 Å². The normalized spacial score (nSPS) is 15.5. The highest BCUT2D eigenvalue weighted by Gasteiger charge is 2.07. The Bertz CT molecular complexity index is 246. The quantitative estimate of drug-likeness (QED) is 0.383. The van der Waals surface area contributed by atoms with E-state index in [4.69, 9.17) is 0 Å². The van der Waals surface area contributed by atoms with Gasteiger partial charge in [-0.05, 0) is 30.6 Å². The van der Waals surface area contributed by atoms with Crippen LogP contribution in [0.2, 0.25) is 0 Å². The number of rotatable bonds is 14. The Morgan fingerprint density at radius 1 is 0.810 bits per heavy atom. The van der Waals surface area contributed by atoms with Crippen LogP contribution in [0.25, 0.3) is 0 Å². The van der Waals surface area contributed by atoms with Crippen molar-refractivity contribution >= 4 is 0 Å². The molecule has 0 heterocycles. The molecule has 1 heteroatoms. The molecule has 0 saturated carbocycles. The van der Waals surface area contributed by atoms with Crippen molar-refractivity contribution in [1.82, 2.24) is 5.32 Å². The Morgan fingerprint density at radius 3 is 1.67 bits per heavy atom. The molecular weight excluding hydrogens is 254 g/mol. The third kappa shape index (κ3) is 13.0. The van der Waals surface area contributed by atoms with Crippen molar-refractivity contribution in [3.63, 3.8) is 0 Å². The second-order valence-corrected chi connectivity index (χ2v) is 7.33. The standard InChI is InChI=1S/C20H41N/c1-7-17(2)11-8-12-18(3)13-9-14-19(4)15-10-16-20(5)21-6/h17-19,21H,5,7-16H2,1-4,6H3. The summed E-state index contributed by atoms with van der Waals surface area (Å²) in [5, 5.41) is 3.13. The molecule has 0 fully saturated rings. The molecule has 0 amide bonds. The summed E-state index contributed by atoms with van der Waals surface area (Å²) < 4.78 is 0. The van der Waals surface area contributed by atoms with Gasteiger partial charge in [0, 0.05) is 12.7 Å². The second kappa shape index (κ2) is 13.2. The van der Waals surface area contributed by atoms with Crippen LogP contribution in [0.4, 0.5) is 0 Å². The Hall–Kier alpha value is -0.460. The molecule has 3 unspecified atom stereocenters. The number of nitrogens with one attached hydrogen (secondary N) is 1. The van der Waals surface area contributed by atoms with Gasteiger partial charge in [-0.25, -0.2) is 0 Å². The maximum Gasteiger partial charge on any atom is 0.00310 e. The number of hydrogen-bond acceptors (Lipinski definition) is 1.